The standard InChI is InChI=1S/C10H18N4/c1-2-9(3-6-11-5-1)12-8-10-4-7-13-14-10/h4,7,9,11-12H,1-3,5-6,8H2,(H,13,14). The van der Waals surface area contributed by atoms with E-state index in [1.165, 1.54) is 31.5 Å². The second-order valence-electron chi connectivity index (χ2n) is 3.84. The van der Waals surface area contributed by atoms with E-state index in [2.05, 4.69) is 20.8 Å². The molecule has 1 fully saturated rings. The Balaban J connectivity index is 1.73. The summed E-state index contributed by atoms with van der Waals surface area (Å²) in [5.41, 5.74) is 1.17. The van der Waals surface area contributed by atoms with Crippen LogP contribution in [0.2, 0.25) is 0 Å². The van der Waals surface area contributed by atoms with Crippen LogP contribution in [0.4, 0.5) is 0 Å². The summed E-state index contributed by atoms with van der Waals surface area (Å²) in [6.07, 6.45) is 5.58. The maximum atomic E-state index is 3.93. The third kappa shape index (κ3) is 2.82. The fourth-order valence-corrected chi connectivity index (χ4v) is 1.86. The number of H-pyrrole nitrogens is 1. The molecule has 0 bridgehead atoms. The molecule has 0 radical (unpaired) electrons. The first-order valence-corrected chi connectivity index (χ1v) is 5.37. The molecule has 1 aliphatic rings. The maximum absolute atomic E-state index is 3.93. The van der Waals surface area contributed by atoms with E-state index in [4.69, 9.17) is 0 Å². The van der Waals surface area contributed by atoms with Crippen LogP contribution >= 0.6 is 0 Å². The molecule has 0 aliphatic carbocycles. The van der Waals surface area contributed by atoms with Crippen molar-refractivity contribution in [2.75, 3.05) is 13.1 Å². The molecule has 2 heterocycles. The molecule has 0 saturated carbocycles. The molecule has 78 valence electrons. The van der Waals surface area contributed by atoms with E-state index in [1.807, 2.05) is 6.07 Å². The summed E-state index contributed by atoms with van der Waals surface area (Å²) in [4.78, 5) is 0. The maximum Gasteiger partial charge on any atom is 0.0490 e. The lowest BCUT2D eigenvalue weighted by atomic mass is 10.1. The Bertz CT molecular complexity index is 237. The van der Waals surface area contributed by atoms with Gasteiger partial charge >= 0.3 is 0 Å². The average molecular weight is 194 g/mol. The summed E-state index contributed by atoms with van der Waals surface area (Å²) in [6, 6.07) is 2.68. The van der Waals surface area contributed by atoms with Gasteiger partial charge in [-0.3, -0.25) is 5.10 Å². The van der Waals surface area contributed by atoms with Crippen molar-refractivity contribution in [2.45, 2.75) is 31.8 Å². The molecule has 2 rings (SSSR count). The van der Waals surface area contributed by atoms with Crippen molar-refractivity contribution < 1.29 is 0 Å². The number of nitrogens with one attached hydrogen (secondary N) is 3. The second-order valence-corrected chi connectivity index (χ2v) is 3.84. The quantitative estimate of drug-likeness (QED) is 0.662. The highest BCUT2D eigenvalue weighted by Crippen LogP contribution is 2.05. The van der Waals surface area contributed by atoms with Gasteiger partial charge in [0.15, 0.2) is 0 Å². The van der Waals surface area contributed by atoms with Crippen LogP contribution in [0.15, 0.2) is 12.3 Å². The summed E-state index contributed by atoms with van der Waals surface area (Å²) in [6.45, 7) is 3.22. The number of aromatic nitrogens is 2. The van der Waals surface area contributed by atoms with E-state index in [1.54, 1.807) is 6.20 Å². The minimum Gasteiger partial charge on any atom is -0.317 e. The first kappa shape index (κ1) is 9.68. The van der Waals surface area contributed by atoms with Crippen LogP contribution in [-0.4, -0.2) is 29.3 Å². The number of nitrogens with zero attached hydrogens (tertiary/aromatic N) is 1. The lowest BCUT2D eigenvalue weighted by molar-refractivity contribution is 0.465. The number of rotatable bonds is 3. The van der Waals surface area contributed by atoms with Gasteiger partial charge in [0.1, 0.15) is 0 Å². The van der Waals surface area contributed by atoms with E-state index in [0.29, 0.717) is 6.04 Å². The lowest BCUT2D eigenvalue weighted by Crippen LogP contribution is -2.29. The molecule has 1 aromatic rings. The molecule has 4 heteroatoms. The van der Waals surface area contributed by atoms with Crippen molar-refractivity contribution in [3.8, 4) is 0 Å². The average Bonchev–Trinajstić information content (AvgIpc) is 2.58. The zero-order valence-electron chi connectivity index (χ0n) is 8.42. The third-order valence-electron chi connectivity index (χ3n) is 2.72. The first-order chi connectivity index (χ1) is 6.95. The van der Waals surface area contributed by atoms with Gasteiger partial charge in [-0.2, -0.15) is 5.10 Å². The molecule has 3 N–H and O–H groups in total. The van der Waals surface area contributed by atoms with Crippen LogP contribution in [-0.2, 0) is 6.54 Å². The zero-order chi connectivity index (χ0) is 9.64. The fraction of sp³-hybridized carbons (Fsp3) is 0.700. The van der Waals surface area contributed by atoms with Crippen LogP contribution in [0.1, 0.15) is 25.0 Å². The largest absolute Gasteiger partial charge is 0.317 e. The fourth-order valence-electron chi connectivity index (χ4n) is 1.86. The predicted octanol–water partition coefficient (Wildman–Crippen LogP) is 0.641. The minimum atomic E-state index is 0.660. The molecule has 0 amide bonds. The van der Waals surface area contributed by atoms with Crippen molar-refractivity contribution in [1.29, 1.82) is 0 Å². The molecule has 0 aromatic carbocycles. The highest BCUT2D eigenvalue weighted by molar-refractivity contribution is 4.97. The van der Waals surface area contributed by atoms with Gasteiger partial charge in [0.05, 0.1) is 0 Å². The van der Waals surface area contributed by atoms with Gasteiger partial charge in [-0.1, -0.05) is 0 Å². The molecule has 1 aliphatic heterocycles. The van der Waals surface area contributed by atoms with Gasteiger partial charge in [0.2, 0.25) is 0 Å². The van der Waals surface area contributed by atoms with E-state index in [9.17, 15) is 0 Å². The van der Waals surface area contributed by atoms with Crippen LogP contribution in [0, 0.1) is 0 Å². The predicted molar refractivity (Wildman–Crippen MR) is 55.9 cm³/mol. The minimum absolute atomic E-state index is 0.660. The van der Waals surface area contributed by atoms with Gasteiger partial charge in [0, 0.05) is 24.5 Å². The van der Waals surface area contributed by atoms with Gasteiger partial charge in [0.25, 0.3) is 0 Å². The summed E-state index contributed by atoms with van der Waals surface area (Å²) in [7, 11) is 0. The lowest BCUT2D eigenvalue weighted by Gasteiger charge is -2.14. The highest BCUT2D eigenvalue weighted by atomic mass is 15.1. The summed E-state index contributed by atoms with van der Waals surface area (Å²) < 4.78 is 0. The van der Waals surface area contributed by atoms with Crippen molar-refractivity contribution in [2.24, 2.45) is 0 Å². The Hall–Kier alpha value is -0.870. The smallest absolute Gasteiger partial charge is 0.0490 e. The highest BCUT2D eigenvalue weighted by Gasteiger charge is 2.10. The van der Waals surface area contributed by atoms with Gasteiger partial charge in [-0.05, 0) is 38.4 Å². The van der Waals surface area contributed by atoms with Crippen molar-refractivity contribution in [3.05, 3.63) is 18.0 Å². The molecule has 14 heavy (non-hydrogen) atoms. The molecule has 1 aromatic heterocycles. The Morgan fingerprint density at radius 3 is 3.29 bits per heavy atom. The monoisotopic (exact) mass is 194 g/mol. The summed E-state index contributed by atoms with van der Waals surface area (Å²) in [5.74, 6) is 0. The normalized spacial score (nSPS) is 23.3. The van der Waals surface area contributed by atoms with E-state index >= 15 is 0 Å². The van der Waals surface area contributed by atoms with Gasteiger partial charge in [-0.25, -0.2) is 0 Å². The molecule has 1 atom stereocenters. The summed E-state index contributed by atoms with van der Waals surface area (Å²) in [5, 5.41) is 13.9. The van der Waals surface area contributed by atoms with Crippen LogP contribution in [0.5, 0.6) is 0 Å². The van der Waals surface area contributed by atoms with Crippen LogP contribution < -0.4 is 10.6 Å². The molecule has 1 saturated heterocycles. The third-order valence-corrected chi connectivity index (χ3v) is 2.72. The van der Waals surface area contributed by atoms with Crippen molar-refractivity contribution in [1.82, 2.24) is 20.8 Å². The molecular weight excluding hydrogens is 176 g/mol. The van der Waals surface area contributed by atoms with E-state index in [-0.39, 0.29) is 0 Å². The Morgan fingerprint density at radius 2 is 2.43 bits per heavy atom. The topological polar surface area (TPSA) is 52.7 Å². The van der Waals surface area contributed by atoms with Gasteiger partial charge in [-0.15, -0.1) is 0 Å². The zero-order valence-corrected chi connectivity index (χ0v) is 8.42. The molecule has 1 unspecified atom stereocenters. The van der Waals surface area contributed by atoms with E-state index in [0.717, 1.165) is 13.1 Å². The summed E-state index contributed by atoms with van der Waals surface area (Å²) >= 11 is 0. The molecule has 4 nitrogen and oxygen atoms in total. The molecular formula is C10H18N4. The van der Waals surface area contributed by atoms with Crippen LogP contribution in [0.25, 0.3) is 0 Å². The van der Waals surface area contributed by atoms with Crippen molar-refractivity contribution >= 4 is 0 Å². The first-order valence-electron chi connectivity index (χ1n) is 5.37. The molecule has 0 spiro atoms. The number of hydrogen-bond donors (Lipinski definition) is 3. The van der Waals surface area contributed by atoms with Crippen molar-refractivity contribution in [3.63, 3.8) is 0 Å². The van der Waals surface area contributed by atoms with E-state index < -0.39 is 0 Å². The van der Waals surface area contributed by atoms with Gasteiger partial charge < -0.3 is 10.6 Å². The second kappa shape index (κ2) is 5.12. The Labute approximate surface area is 84.5 Å². The number of aromatic amines is 1. The van der Waals surface area contributed by atoms with Crippen LogP contribution in [0.3, 0.4) is 0 Å². The Morgan fingerprint density at radius 1 is 1.43 bits per heavy atom. The SMILES string of the molecule is c1cc(CNC2CCCNCC2)[nH]n1. The Kier molecular flexibility index (Phi) is 3.54. The number of hydrogen-bond acceptors (Lipinski definition) is 3.